The summed E-state index contributed by atoms with van der Waals surface area (Å²) >= 11 is 0. The number of carbonyl (C=O) groups is 2. The Bertz CT molecular complexity index is 1290. The third-order valence-corrected chi connectivity index (χ3v) is 5.34. The van der Waals surface area contributed by atoms with Crippen molar-refractivity contribution >= 4 is 40.5 Å². The Hall–Kier alpha value is -4.23. The molecule has 1 heterocycles. The van der Waals surface area contributed by atoms with E-state index in [1.54, 1.807) is 12.1 Å². The van der Waals surface area contributed by atoms with Gasteiger partial charge in [0.2, 0.25) is 5.91 Å². The predicted molar refractivity (Wildman–Crippen MR) is 134 cm³/mol. The van der Waals surface area contributed by atoms with E-state index in [1.807, 2.05) is 62.6 Å². The van der Waals surface area contributed by atoms with Crippen LogP contribution in [0.5, 0.6) is 0 Å². The van der Waals surface area contributed by atoms with Gasteiger partial charge in [-0.2, -0.15) is 0 Å². The van der Waals surface area contributed by atoms with Crippen LogP contribution in [-0.2, 0) is 16.1 Å². The first kappa shape index (κ1) is 22.9. The molecule has 3 aromatic rings. The Morgan fingerprint density at radius 1 is 1.06 bits per heavy atom. The molecule has 172 valence electrons. The number of nitrogens with one attached hydrogen (secondary N) is 2. The van der Waals surface area contributed by atoms with Gasteiger partial charge in [0, 0.05) is 23.9 Å². The summed E-state index contributed by atoms with van der Waals surface area (Å²) in [5, 5.41) is 6.15. The Morgan fingerprint density at radius 3 is 2.41 bits per heavy atom. The van der Waals surface area contributed by atoms with Crippen molar-refractivity contribution in [1.82, 2.24) is 4.90 Å². The third-order valence-electron chi connectivity index (χ3n) is 5.34. The third kappa shape index (κ3) is 5.22. The summed E-state index contributed by atoms with van der Waals surface area (Å²) < 4.78 is 13.8. The van der Waals surface area contributed by atoms with Crippen LogP contribution in [0.1, 0.15) is 22.3 Å². The van der Waals surface area contributed by atoms with E-state index in [-0.39, 0.29) is 5.91 Å². The minimum absolute atomic E-state index is 0.315. The molecule has 7 heteroatoms. The summed E-state index contributed by atoms with van der Waals surface area (Å²) in [6.07, 6.45) is 2.91. The number of hydrogen-bond acceptors (Lipinski definition) is 4. The van der Waals surface area contributed by atoms with Crippen LogP contribution in [0.4, 0.5) is 15.8 Å². The Kier molecular flexibility index (Phi) is 6.56. The fourth-order valence-corrected chi connectivity index (χ4v) is 3.81. The minimum Gasteiger partial charge on any atom is -0.366 e. The summed E-state index contributed by atoms with van der Waals surface area (Å²) in [5.74, 6) is -1.26. The first-order chi connectivity index (χ1) is 16.3. The summed E-state index contributed by atoms with van der Waals surface area (Å²) in [5.41, 5.74) is 10.8. The SMILES string of the molecule is CN(C)Cc1ccc(N/C(=C2\C(=O)Nc3cc(F)ccc32)c2ccc(C=CC(N)=O)cc2)cc1. The van der Waals surface area contributed by atoms with Gasteiger partial charge in [0.15, 0.2) is 0 Å². The Morgan fingerprint density at radius 2 is 1.76 bits per heavy atom. The maximum atomic E-state index is 13.8. The molecule has 0 aliphatic carbocycles. The Balaban J connectivity index is 1.77. The van der Waals surface area contributed by atoms with E-state index in [1.165, 1.54) is 18.2 Å². The molecule has 2 amide bonds. The number of primary amides is 1. The monoisotopic (exact) mass is 456 g/mol. The van der Waals surface area contributed by atoms with Crippen molar-refractivity contribution in [2.75, 3.05) is 24.7 Å². The quantitative estimate of drug-likeness (QED) is 0.462. The molecule has 0 fully saturated rings. The number of carbonyl (C=O) groups excluding carboxylic acids is 2. The van der Waals surface area contributed by atoms with E-state index < -0.39 is 11.7 Å². The molecule has 0 radical (unpaired) electrons. The molecule has 0 bridgehead atoms. The number of fused-ring (bicyclic) bond motifs is 1. The number of nitrogens with zero attached hydrogens (tertiary/aromatic N) is 1. The molecule has 0 spiro atoms. The summed E-state index contributed by atoms with van der Waals surface area (Å²) in [6, 6.07) is 19.6. The number of nitrogens with two attached hydrogens (primary N) is 1. The number of hydrogen-bond donors (Lipinski definition) is 3. The molecular weight excluding hydrogens is 431 g/mol. The summed E-state index contributed by atoms with van der Waals surface area (Å²) in [7, 11) is 4.02. The van der Waals surface area contributed by atoms with Crippen molar-refractivity contribution in [3.63, 3.8) is 0 Å². The van der Waals surface area contributed by atoms with E-state index in [0.29, 0.717) is 22.5 Å². The largest absolute Gasteiger partial charge is 0.366 e. The number of anilines is 2. The van der Waals surface area contributed by atoms with E-state index >= 15 is 0 Å². The molecule has 0 saturated carbocycles. The van der Waals surface area contributed by atoms with Crippen LogP contribution in [0.3, 0.4) is 0 Å². The Labute approximate surface area is 197 Å². The van der Waals surface area contributed by atoms with Crippen LogP contribution in [0.25, 0.3) is 17.3 Å². The first-order valence-electron chi connectivity index (χ1n) is 10.7. The van der Waals surface area contributed by atoms with Crippen LogP contribution in [0.2, 0.25) is 0 Å². The second kappa shape index (κ2) is 9.72. The molecule has 1 aliphatic heterocycles. The van der Waals surface area contributed by atoms with Crippen LogP contribution in [-0.4, -0.2) is 30.8 Å². The maximum absolute atomic E-state index is 13.8. The zero-order valence-electron chi connectivity index (χ0n) is 18.9. The highest BCUT2D eigenvalue weighted by molar-refractivity contribution is 6.37. The van der Waals surface area contributed by atoms with Gasteiger partial charge in [0.25, 0.3) is 5.91 Å². The van der Waals surface area contributed by atoms with Gasteiger partial charge in [-0.15, -0.1) is 0 Å². The molecule has 0 aromatic heterocycles. The highest BCUT2D eigenvalue weighted by atomic mass is 19.1. The fourth-order valence-electron chi connectivity index (χ4n) is 3.81. The zero-order chi connectivity index (χ0) is 24.2. The molecule has 1 aliphatic rings. The smallest absolute Gasteiger partial charge is 0.258 e. The highest BCUT2D eigenvalue weighted by Crippen LogP contribution is 2.38. The molecule has 3 aromatic carbocycles. The zero-order valence-corrected chi connectivity index (χ0v) is 18.9. The number of amides is 2. The van der Waals surface area contributed by atoms with E-state index in [0.717, 1.165) is 28.9 Å². The molecule has 6 nitrogen and oxygen atoms in total. The van der Waals surface area contributed by atoms with E-state index in [9.17, 15) is 14.0 Å². The van der Waals surface area contributed by atoms with Gasteiger partial charge < -0.3 is 21.3 Å². The number of rotatable bonds is 7. The van der Waals surface area contributed by atoms with Crippen LogP contribution < -0.4 is 16.4 Å². The van der Waals surface area contributed by atoms with Gasteiger partial charge in [-0.05, 0) is 67.2 Å². The predicted octanol–water partition coefficient (Wildman–Crippen LogP) is 4.32. The summed E-state index contributed by atoms with van der Waals surface area (Å²) in [4.78, 5) is 26.1. The van der Waals surface area contributed by atoms with E-state index in [2.05, 4.69) is 15.5 Å². The molecule has 0 saturated heterocycles. The lowest BCUT2D eigenvalue weighted by Gasteiger charge is -2.16. The summed E-state index contributed by atoms with van der Waals surface area (Å²) in [6.45, 7) is 0.815. The van der Waals surface area contributed by atoms with Crippen molar-refractivity contribution in [3.05, 3.63) is 101 Å². The van der Waals surface area contributed by atoms with Crippen LogP contribution in [0, 0.1) is 5.82 Å². The van der Waals surface area contributed by atoms with Gasteiger partial charge in [0.1, 0.15) is 5.82 Å². The molecule has 0 unspecified atom stereocenters. The second-order valence-corrected chi connectivity index (χ2v) is 8.31. The first-order valence-corrected chi connectivity index (χ1v) is 10.7. The van der Waals surface area contributed by atoms with Crippen molar-refractivity contribution < 1.29 is 14.0 Å². The average Bonchev–Trinajstić information content (AvgIpc) is 3.11. The molecule has 34 heavy (non-hydrogen) atoms. The van der Waals surface area contributed by atoms with Crippen LogP contribution >= 0.6 is 0 Å². The van der Waals surface area contributed by atoms with Crippen molar-refractivity contribution in [1.29, 1.82) is 0 Å². The van der Waals surface area contributed by atoms with Gasteiger partial charge in [-0.1, -0.05) is 36.4 Å². The molecular formula is C27H25FN4O2. The highest BCUT2D eigenvalue weighted by Gasteiger charge is 2.28. The fraction of sp³-hybridized carbons (Fsp3) is 0.111. The molecule has 0 atom stereocenters. The van der Waals surface area contributed by atoms with Gasteiger partial charge in [0.05, 0.1) is 17.0 Å². The normalized spacial score (nSPS) is 14.3. The van der Waals surface area contributed by atoms with Crippen molar-refractivity contribution in [2.24, 2.45) is 5.73 Å². The maximum Gasteiger partial charge on any atom is 0.258 e. The van der Waals surface area contributed by atoms with E-state index in [4.69, 9.17) is 5.73 Å². The van der Waals surface area contributed by atoms with Crippen molar-refractivity contribution in [2.45, 2.75) is 6.54 Å². The molecule has 4 N–H and O–H groups in total. The number of benzene rings is 3. The van der Waals surface area contributed by atoms with Crippen molar-refractivity contribution in [3.8, 4) is 0 Å². The number of halogens is 1. The van der Waals surface area contributed by atoms with Gasteiger partial charge >= 0.3 is 0 Å². The lowest BCUT2D eigenvalue weighted by Crippen LogP contribution is -2.11. The topological polar surface area (TPSA) is 87.5 Å². The standard InChI is InChI=1S/C27H25FN4O2/c1-32(2)16-18-5-11-21(12-6-18)30-26(19-8-3-17(4-9-19)7-14-24(29)33)25-22-13-10-20(28)15-23(22)31-27(25)34/h3-15,30H,16H2,1-2H3,(H2,29,33)(H,31,34)/b14-7?,26-25-. The van der Waals surface area contributed by atoms with Gasteiger partial charge in [-0.3, -0.25) is 9.59 Å². The van der Waals surface area contributed by atoms with Gasteiger partial charge in [-0.25, -0.2) is 4.39 Å². The molecule has 4 rings (SSSR count). The average molecular weight is 457 g/mol. The van der Waals surface area contributed by atoms with Crippen LogP contribution in [0.15, 0.2) is 72.8 Å². The second-order valence-electron chi connectivity index (χ2n) is 8.31. The lowest BCUT2D eigenvalue weighted by molar-refractivity contribution is -0.113. The lowest BCUT2D eigenvalue weighted by atomic mass is 9.99. The minimum atomic E-state index is -0.530.